The third-order valence-corrected chi connectivity index (χ3v) is 4.42. The zero-order valence-corrected chi connectivity index (χ0v) is 15.9. The summed E-state index contributed by atoms with van der Waals surface area (Å²) in [5.74, 6) is 0.840. The van der Waals surface area contributed by atoms with Crippen LogP contribution in [0.25, 0.3) is 0 Å². The first-order valence-corrected chi connectivity index (χ1v) is 8.68. The van der Waals surface area contributed by atoms with Gasteiger partial charge in [0.05, 0.1) is 18.8 Å². The minimum absolute atomic E-state index is 0.0634. The zero-order valence-electron chi connectivity index (χ0n) is 15.9. The van der Waals surface area contributed by atoms with Crippen LogP contribution in [-0.4, -0.2) is 35.3 Å². The van der Waals surface area contributed by atoms with Crippen LogP contribution in [0.4, 0.5) is 5.82 Å². The lowest BCUT2D eigenvalue weighted by atomic mass is 9.87. The van der Waals surface area contributed by atoms with E-state index in [1.165, 1.54) is 7.11 Å². The van der Waals surface area contributed by atoms with Gasteiger partial charge in [0.25, 0.3) is 5.91 Å². The van der Waals surface area contributed by atoms with E-state index in [1.807, 2.05) is 37.6 Å². The molecule has 27 heavy (non-hydrogen) atoms. The molecule has 2 amide bonds. The molecule has 3 rings (SSSR count). The van der Waals surface area contributed by atoms with Gasteiger partial charge in [-0.15, -0.1) is 0 Å². The molecule has 0 fully saturated rings. The number of nitrogens with one attached hydrogen (secondary N) is 1. The predicted molar refractivity (Wildman–Crippen MR) is 100.0 cm³/mol. The van der Waals surface area contributed by atoms with E-state index >= 15 is 0 Å². The molecule has 1 aliphatic heterocycles. The number of rotatable bonds is 5. The summed E-state index contributed by atoms with van der Waals surface area (Å²) in [4.78, 5) is 23.3. The third-order valence-electron chi connectivity index (χ3n) is 4.42. The molecule has 0 saturated carbocycles. The van der Waals surface area contributed by atoms with Gasteiger partial charge >= 0.3 is 0 Å². The Labute approximate surface area is 157 Å². The van der Waals surface area contributed by atoms with Crippen LogP contribution < -0.4 is 20.5 Å². The summed E-state index contributed by atoms with van der Waals surface area (Å²) >= 11 is 0. The van der Waals surface area contributed by atoms with Crippen LogP contribution in [0.1, 0.15) is 44.2 Å². The van der Waals surface area contributed by atoms with Crippen LogP contribution in [0.15, 0.2) is 24.4 Å². The molecule has 8 nitrogen and oxygen atoms in total. The van der Waals surface area contributed by atoms with Crippen molar-refractivity contribution in [2.75, 3.05) is 19.0 Å². The maximum atomic E-state index is 12.3. The van der Waals surface area contributed by atoms with Gasteiger partial charge in [0, 0.05) is 17.9 Å². The number of primary amides is 1. The van der Waals surface area contributed by atoms with Gasteiger partial charge in [0.1, 0.15) is 5.82 Å². The Morgan fingerprint density at radius 2 is 2.11 bits per heavy atom. The molecule has 1 aliphatic rings. The van der Waals surface area contributed by atoms with E-state index < -0.39 is 5.91 Å². The second-order valence-electron chi connectivity index (χ2n) is 7.50. The second-order valence-corrected chi connectivity index (χ2v) is 7.50. The maximum Gasteiger partial charge on any atom is 0.255 e. The molecule has 0 aliphatic carbocycles. The number of nitrogens with two attached hydrogens (primary N) is 1. The van der Waals surface area contributed by atoms with Crippen LogP contribution in [0.5, 0.6) is 11.5 Å². The standard InChI is InChI=1S/C19H24N4O4/c1-19(2,3)23-18-13(9-21-23)12(8-17(25)22-18)11-5-6-14(15(7-11)26-4)27-10-16(20)24/h5-7,9,12H,8,10H2,1-4H3,(H2,20,24)(H,22,25). The van der Waals surface area contributed by atoms with Gasteiger partial charge in [-0.05, 0) is 38.5 Å². The van der Waals surface area contributed by atoms with Crippen molar-refractivity contribution in [1.29, 1.82) is 0 Å². The van der Waals surface area contributed by atoms with Crippen molar-refractivity contribution in [2.24, 2.45) is 5.73 Å². The number of anilines is 1. The first kappa shape index (κ1) is 18.8. The van der Waals surface area contributed by atoms with Crippen LogP contribution >= 0.6 is 0 Å². The Morgan fingerprint density at radius 1 is 1.37 bits per heavy atom. The van der Waals surface area contributed by atoms with Crippen molar-refractivity contribution in [3.63, 3.8) is 0 Å². The smallest absolute Gasteiger partial charge is 0.255 e. The number of carbonyl (C=O) groups is 2. The fourth-order valence-corrected chi connectivity index (χ4v) is 3.19. The Bertz CT molecular complexity index is 882. The molecule has 3 N–H and O–H groups in total. The molecule has 1 aromatic carbocycles. The number of carbonyl (C=O) groups excluding carboxylic acids is 2. The molecule has 2 aromatic rings. The predicted octanol–water partition coefficient (Wildman–Crippen LogP) is 1.98. The van der Waals surface area contributed by atoms with Gasteiger partial charge in [0.2, 0.25) is 5.91 Å². The lowest BCUT2D eigenvalue weighted by Gasteiger charge is -2.28. The van der Waals surface area contributed by atoms with Crippen LogP contribution in [0.2, 0.25) is 0 Å². The second kappa shape index (κ2) is 6.94. The molecule has 0 saturated heterocycles. The van der Waals surface area contributed by atoms with E-state index in [2.05, 4.69) is 10.4 Å². The van der Waals surface area contributed by atoms with E-state index in [4.69, 9.17) is 15.2 Å². The molecule has 0 radical (unpaired) electrons. The molecular formula is C19H24N4O4. The average Bonchev–Trinajstić information content (AvgIpc) is 3.03. The summed E-state index contributed by atoms with van der Waals surface area (Å²) in [5.41, 5.74) is 6.73. The van der Waals surface area contributed by atoms with Crippen LogP contribution in [-0.2, 0) is 15.1 Å². The van der Waals surface area contributed by atoms with Gasteiger partial charge in [-0.1, -0.05) is 6.07 Å². The fourth-order valence-electron chi connectivity index (χ4n) is 3.19. The van der Waals surface area contributed by atoms with E-state index in [0.29, 0.717) is 17.9 Å². The average molecular weight is 372 g/mol. The summed E-state index contributed by atoms with van der Waals surface area (Å²) in [7, 11) is 1.52. The zero-order chi connectivity index (χ0) is 19.8. The Morgan fingerprint density at radius 3 is 2.74 bits per heavy atom. The Balaban J connectivity index is 1.99. The molecule has 1 unspecified atom stereocenters. The van der Waals surface area contributed by atoms with Gasteiger partial charge in [-0.25, -0.2) is 4.68 Å². The topological polar surface area (TPSA) is 108 Å². The number of amides is 2. The van der Waals surface area contributed by atoms with Crippen molar-refractivity contribution in [2.45, 2.75) is 38.6 Å². The van der Waals surface area contributed by atoms with Crippen LogP contribution in [0, 0.1) is 0 Å². The highest BCUT2D eigenvalue weighted by atomic mass is 16.5. The molecule has 144 valence electrons. The van der Waals surface area contributed by atoms with Gasteiger partial charge in [-0.2, -0.15) is 5.10 Å². The largest absolute Gasteiger partial charge is 0.493 e. The summed E-state index contributed by atoms with van der Waals surface area (Å²) in [5, 5.41) is 7.42. The third kappa shape index (κ3) is 3.74. The lowest BCUT2D eigenvalue weighted by molar-refractivity contribution is -0.120. The highest BCUT2D eigenvalue weighted by molar-refractivity contribution is 5.94. The molecule has 0 spiro atoms. The van der Waals surface area contributed by atoms with Crippen molar-refractivity contribution in [1.82, 2.24) is 9.78 Å². The van der Waals surface area contributed by atoms with Crippen molar-refractivity contribution < 1.29 is 19.1 Å². The number of benzene rings is 1. The van der Waals surface area contributed by atoms with Gasteiger partial charge in [0.15, 0.2) is 18.1 Å². The number of methoxy groups -OCH3 is 1. The van der Waals surface area contributed by atoms with E-state index in [-0.39, 0.29) is 24.0 Å². The summed E-state index contributed by atoms with van der Waals surface area (Å²) in [6.07, 6.45) is 2.11. The quantitative estimate of drug-likeness (QED) is 0.834. The van der Waals surface area contributed by atoms with Crippen molar-refractivity contribution in [3.05, 3.63) is 35.5 Å². The first-order chi connectivity index (χ1) is 12.7. The minimum Gasteiger partial charge on any atom is -0.493 e. The number of hydrogen-bond acceptors (Lipinski definition) is 5. The highest BCUT2D eigenvalue weighted by Gasteiger charge is 2.33. The molecule has 1 atom stereocenters. The Kier molecular flexibility index (Phi) is 4.82. The monoisotopic (exact) mass is 372 g/mol. The minimum atomic E-state index is -0.565. The van der Waals surface area contributed by atoms with Crippen molar-refractivity contribution >= 4 is 17.6 Å². The molecule has 0 bridgehead atoms. The molecule has 8 heteroatoms. The lowest BCUT2D eigenvalue weighted by Crippen LogP contribution is -2.30. The number of fused-ring (bicyclic) bond motifs is 1. The molecule has 1 aromatic heterocycles. The SMILES string of the molecule is COc1cc(C2CC(=O)Nc3c2cnn3C(C)(C)C)ccc1OCC(N)=O. The fraction of sp³-hybridized carbons (Fsp3) is 0.421. The molecular weight excluding hydrogens is 348 g/mol. The van der Waals surface area contributed by atoms with E-state index in [0.717, 1.165) is 16.9 Å². The number of nitrogens with zero attached hydrogens (tertiary/aromatic N) is 2. The summed E-state index contributed by atoms with van der Waals surface area (Å²) in [6, 6.07) is 5.40. The first-order valence-electron chi connectivity index (χ1n) is 8.68. The summed E-state index contributed by atoms with van der Waals surface area (Å²) in [6.45, 7) is 5.86. The van der Waals surface area contributed by atoms with E-state index in [1.54, 1.807) is 12.3 Å². The van der Waals surface area contributed by atoms with Crippen LogP contribution in [0.3, 0.4) is 0 Å². The highest BCUT2D eigenvalue weighted by Crippen LogP contribution is 2.41. The Hall–Kier alpha value is -3.03. The number of hydrogen-bond donors (Lipinski definition) is 2. The summed E-state index contributed by atoms with van der Waals surface area (Å²) < 4.78 is 12.6. The van der Waals surface area contributed by atoms with Gasteiger partial charge < -0.3 is 20.5 Å². The van der Waals surface area contributed by atoms with Gasteiger partial charge in [-0.3, -0.25) is 9.59 Å². The normalized spacial score (nSPS) is 16.4. The maximum absolute atomic E-state index is 12.3. The van der Waals surface area contributed by atoms with Crippen molar-refractivity contribution in [3.8, 4) is 11.5 Å². The number of aromatic nitrogens is 2. The molecule has 2 heterocycles. The van der Waals surface area contributed by atoms with E-state index in [9.17, 15) is 9.59 Å². The number of ether oxygens (including phenoxy) is 2.